The Labute approximate surface area is 84.0 Å². The van der Waals surface area contributed by atoms with Gasteiger partial charge in [-0.1, -0.05) is 12.8 Å². The van der Waals surface area contributed by atoms with Crippen LogP contribution in [0.25, 0.3) is 0 Å². The van der Waals surface area contributed by atoms with E-state index in [1.807, 2.05) is 0 Å². The van der Waals surface area contributed by atoms with E-state index in [4.69, 9.17) is 5.11 Å². The largest absolute Gasteiger partial charge is 0.396 e. The van der Waals surface area contributed by atoms with Crippen LogP contribution in [0.1, 0.15) is 32.1 Å². The average molecular weight is 202 g/mol. The van der Waals surface area contributed by atoms with Crippen molar-refractivity contribution in [2.75, 3.05) is 13.7 Å². The Morgan fingerprint density at radius 3 is 2.57 bits per heavy atom. The minimum Gasteiger partial charge on any atom is -0.396 e. The zero-order chi connectivity index (χ0) is 10.8. The maximum absolute atomic E-state index is 10.2. The third-order valence-electron chi connectivity index (χ3n) is 1.94. The van der Waals surface area contributed by atoms with E-state index in [9.17, 15) is 10.1 Å². The molecule has 0 saturated carbocycles. The van der Waals surface area contributed by atoms with Crippen LogP contribution in [0.3, 0.4) is 0 Å². The molecule has 0 aromatic carbocycles. The van der Waals surface area contributed by atoms with Gasteiger partial charge in [0.2, 0.25) is 0 Å². The number of hydrogen-bond acceptors (Lipinski definition) is 4. The highest BCUT2D eigenvalue weighted by Crippen LogP contribution is 2.07. The van der Waals surface area contributed by atoms with E-state index in [1.165, 1.54) is 0 Å². The topological polar surface area (TPSA) is 75.4 Å². The summed E-state index contributed by atoms with van der Waals surface area (Å²) in [5, 5.41) is 21.5. The highest BCUT2D eigenvalue weighted by atomic mass is 16.6. The molecular weight excluding hydrogens is 184 g/mol. The van der Waals surface area contributed by atoms with E-state index in [2.05, 4.69) is 5.32 Å². The normalized spacial score (nSPS) is 11.4. The van der Waals surface area contributed by atoms with Crippen molar-refractivity contribution in [2.45, 2.75) is 32.1 Å². The lowest BCUT2D eigenvalue weighted by molar-refractivity contribution is -0.403. The average Bonchev–Trinajstić information content (AvgIpc) is 2.15. The monoisotopic (exact) mass is 202 g/mol. The summed E-state index contributed by atoms with van der Waals surface area (Å²) in [6, 6.07) is 0. The van der Waals surface area contributed by atoms with Crippen LogP contribution in [-0.4, -0.2) is 23.7 Å². The summed E-state index contributed by atoms with van der Waals surface area (Å²) in [4.78, 5) is 9.72. The minimum absolute atomic E-state index is 0.226. The van der Waals surface area contributed by atoms with Crippen LogP contribution in [0.15, 0.2) is 11.9 Å². The first-order valence-electron chi connectivity index (χ1n) is 4.83. The second-order valence-electron chi connectivity index (χ2n) is 3.08. The number of rotatable bonds is 8. The van der Waals surface area contributed by atoms with Crippen LogP contribution in [0.4, 0.5) is 0 Å². The van der Waals surface area contributed by atoms with Crippen molar-refractivity contribution in [2.24, 2.45) is 0 Å². The molecule has 82 valence electrons. The smallest absolute Gasteiger partial charge is 0.253 e. The third kappa shape index (κ3) is 7.54. The second kappa shape index (κ2) is 8.50. The Balaban J connectivity index is 3.58. The zero-order valence-electron chi connectivity index (χ0n) is 8.53. The molecule has 0 aliphatic heterocycles. The Morgan fingerprint density at radius 1 is 1.43 bits per heavy atom. The first-order valence-corrected chi connectivity index (χ1v) is 4.83. The van der Waals surface area contributed by atoms with Gasteiger partial charge in [0, 0.05) is 13.7 Å². The van der Waals surface area contributed by atoms with E-state index in [1.54, 1.807) is 7.05 Å². The molecule has 5 nitrogen and oxygen atoms in total. The summed E-state index contributed by atoms with van der Waals surface area (Å²) in [5.74, 6) is 0. The zero-order valence-corrected chi connectivity index (χ0v) is 8.53. The number of aliphatic hydroxyl groups is 1. The SMILES string of the molecule is CN/C(=C\[N+](=O)[O-])CCCCCCO. The first-order chi connectivity index (χ1) is 6.70. The van der Waals surface area contributed by atoms with E-state index in [0.717, 1.165) is 31.9 Å². The molecule has 0 aliphatic carbocycles. The van der Waals surface area contributed by atoms with Crippen molar-refractivity contribution < 1.29 is 10.0 Å². The van der Waals surface area contributed by atoms with Gasteiger partial charge in [-0.3, -0.25) is 10.1 Å². The Kier molecular flexibility index (Phi) is 7.83. The number of nitrogens with one attached hydrogen (secondary N) is 1. The number of hydrogen-bond donors (Lipinski definition) is 2. The van der Waals surface area contributed by atoms with Crippen LogP contribution in [0, 0.1) is 10.1 Å². The van der Waals surface area contributed by atoms with E-state index in [0.29, 0.717) is 12.1 Å². The molecular formula is C9H18N2O3. The number of aliphatic hydroxyl groups excluding tert-OH is 1. The maximum Gasteiger partial charge on any atom is 0.253 e. The molecule has 0 heterocycles. The molecule has 0 amide bonds. The molecule has 0 fully saturated rings. The molecule has 0 unspecified atom stereocenters. The van der Waals surface area contributed by atoms with Crippen LogP contribution in [-0.2, 0) is 0 Å². The van der Waals surface area contributed by atoms with Crippen molar-refractivity contribution in [3.8, 4) is 0 Å². The molecule has 0 saturated heterocycles. The summed E-state index contributed by atoms with van der Waals surface area (Å²) >= 11 is 0. The molecule has 0 bridgehead atoms. The van der Waals surface area contributed by atoms with Gasteiger partial charge in [0.05, 0.1) is 10.6 Å². The Morgan fingerprint density at radius 2 is 2.07 bits per heavy atom. The van der Waals surface area contributed by atoms with Crippen molar-refractivity contribution >= 4 is 0 Å². The fourth-order valence-electron chi connectivity index (χ4n) is 1.16. The molecule has 0 rings (SSSR count). The molecule has 14 heavy (non-hydrogen) atoms. The highest BCUT2D eigenvalue weighted by molar-refractivity contribution is 4.92. The standard InChI is InChI=1S/C9H18N2O3/c1-10-9(8-11(13)14)6-4-2-3-5-7-12/h8,10,12H,2-7H2,1H3/b9-8-. The lowest BCUT2D eigenvalue weighted by Gasteiger charge is -2.03. The Bertz CT molecular complexity index is 192. The van der Waals surface area contributed by atoms with E-state index < -0.39 is 4.92 Å². The number of allylic oxidation sites excluding steroid dienone is 1. The Hall–Kier alpha value is -1.10. The van der Waals surface area contributed by atoms with Crippen molar-refractivity contribution in [3.63, 3.8) is 0 Å². The molecule has 0 radical (unpaired) electrons. The second-order valence-corrected chi connectivity index (χ2v) is 3.08. The fourth-order valence-corrected chi connectivity index (χ4v) is 1.16. The first kappa shape index (κ1) is 12.9. The fraction of sp³-hybridized carbons (Fsp3) is 0.778. The van der Waals surface area contributed by atoms with E-state index in [-0.39, 0.29) is 6.61 Å². The van der Waals surface area contributed by atoms with Gasteiger partial charge in [-0.2, -0.15) is 0 Å². The van der Waals surface area contributed by atoms with Gasteiger partial charge in [0.1, 0.15) is 0 Å². The number of nitrogens with zero attached hydrogens (tertiary/aromatic N) is 1. The van der Waals surface area contributed by atoms with E-state index >= 15 is 0 Å². The van der Waals surface area contributed by atoms with Gasteiger partial charge in [0.25, 0.3) is 6.20 Å². The molecule has 0 atom stereocenters. The lowest BCUT2D eigenvalue weighted by atomic mass is 10.1. The van der Waals surface area contributed by atoms with Crippen LogP contribution in [0.2, 0.25) is 0 Å². The highest BCUT2D eigenvalue weighted by Gasteiger charge is 1.99. The number of unbranched alkanes of at least 4 members (excludes halogenated alkanes) is 3. The summed E-state index contributed by atoms with van der Waals surface area (Å²) in [5.41, 5.74) is 0.652. The van der Waals surface area contributed by atoms with Gasteiger partial charge in [-0.15, -0.1) is 0 Å². The van der Waals surface area contributed by atoms with Crippen LogP contribution < -0.4 is 5.32 Å². The van der Waals surface area contributed by atoms with Gasteiger partial charge in [-0.25, -0.2) is 0 Å². The molecule has 0 aliphatic rings. The van der Waals surface area contributed by atoms with Gasteiger partial charge in [0.15, 0.2) is 0 Å². The summed E-state index contributed by atoms with van der Waals surface area (Å²) < 4.78 is 0. The van der Waals surface area contributed by atoms with Crippen molar-refractivity contribution in [1.29, 1.82) is 0 Å². The van der Waals surface area contributed by atoms with Gasteiger partial charge >= 0.3 is 0 Å². The molecule has 0 spiro atoms. The molecule has 0 aromatic heterocycles. The summed E-state index contributed by atoms with van der Waals surface area (Å²) in [7, 11) is 1.68. The van der Waals surface area contributed by atoms with Gasteiger partial charge in [-0.05, 0) is 19.3 Å². The molecule has 5 heteroatoms. The summed E-state index contributed by atoms with van der Waals surface area (Å²) in [6.45, 7) is 0.226. The third-order valence-corrected chi connectivity index (χ3v) is 1.94. The quantitative estimate of drug-likeness (QED) is 0.353. The van der Waals surface area contributed by atoms with Gasteiger partial charge < -0.3 is 10.4 Å². The van der Waals surface area contributed by atoms with Crippen LogP contribution in [0.5, 0.6) is 0 Å². The maximum atomic E-state index is 10.2. The minimum atomic E-state index is -0.445. The summed E-state index contributed by atoms with van der Waals surface area (Å²) in [6.07, 6.45) is 5.41. The predicted molar refractivity (Wildman–Crippen MR) is 54.3 cm³/mol. The molecule has 0 aromatic rings. The van der Waals surface area contributed by atoms with Crippen molar-refractivity contribution in [1.82, 2.24) is 5.32 Å². The number of nitro groups is 1. The molecule has 2 N–H and O–H groups in total. The predicted octanol–water partition coefficient (Wildman–Crippen LogP) is 1.27. The van der Waals surface area contributed by atoms with Crippen molar-refractivity contribution in [3.05, 3.63) is 22.0 Å². The van der Waals surface area contributed by atoms with Crippen LogP contribution >= 0.6 is 0 Å². The lowest BCUT2D eigenvalue weighted by Crippen LogP contribution is -2.07.